The van der Waals surface area contributed by atoms with Crippen molar-refractivity contribution in [2.75, 3.05) is 0 Å². The van der Waals surface area contributed by atoms with Gasteiger partial charge in [-0.25, -0.2) is 4.79 Å². The monoisotopic (exact) mass is 402 g/mol. The highest BCUT2D eigenvalue weighted by atomic mass is 35.5. The summed E-state index contributed by atoms with van der Waals surface area (Å²) in [6.45, 7) is 1.70. The minimum atomic E-state index is -0.526. The third kappa shape index (κ3) is 2.74. The molecule has 4 fully saturated rings. The van der Waals surface area contributed by atoms with Gasteiger partial charge in [0, 0.05) is 27.5 Å². The summed E-state index contributed by atoms with van der Waals surface area (Å²) >= 11 is 6.83. The van der Waals surface area contributed by atoms with Crippen LogP contribution in [0.4, 0.5) is 0 Å². The molecule has 2 unspecified atom stereocenters. The topological polar surface area (TPSA) is 76.7 Å². The van der Waals surface area contributed by atoms with Crippen LogP contribution < -0.4 is 5.63 Å². The molecular weight excluding hydrogens is 380 g/mol. The summed E-state index contributed by atoms with van der Waals surface area (Å²) < 4.78 is 11.0. The fraction of sp³-hybridized carbons (Fsp3) is 0.545. The first-order valence-electron chi connectivity index (χ1n) is 9.88. The lowest BCUT2D eigenvalue weighted by atomic mass is 9.49. The first-order chi connectivity index (χ1) is 13.3. The third-order valence-electron chi connectivity index (χ3n) is 7.00. The van der Waals surface area contributed by atoms with Crippen LogP contribution in [0.3, 0.4) is 0 Å². The molecule has 4 aliphatic carbocycles. The Balaban J connectivity index is 1.42. The van der Waals surface area contributed by atoms with Crippen molar-refractivity contribution in [1.29, 1.82) is 0 Å². The molecule has 4 bridgehead atoms. The Morgan fingerprint density at radius 2 is 2.00 bits per heavy atom. The fourth-order valence-electron chi connectivity index (χ4n) is 6.22. The van der Waals surface area contributed by atoms with Crippen LogP contribution in [0.2, 0.25) is 0 Å². The van der Waals surface area contributed by atoms with Crippen LogP contribution in [0.25, 0.3) is 11.0 Å². The van der Waals surface area contributed by atoms with Crippen molar-refractivity contribution >= 4 is 28.5 Å². The van der Waals surface area contributed by atoms with Crippen LogP contribution in [0.15, 0.2) is 27.4 Å². The largest absolute Gasteiger partial charge is 0.508 e. The summed E-state index contributed by atoms with van der Waals surface area (Å²) in [6.07, 6.45) is 5.61. The minimum Gasteiger partial charge on any atom is -0.508 e. The molecule has 6 heteroatoms. The number of aryl methyl sites for hydroxylation is 1. The average Bonchev–Trinajstić information content (AvgIpc) is 2.60. The number of esters is 1. The molecule has 4 atom stereocenters. The molecular formula is C22H23ClO5. The van der Waals surface area contributed by atoms with E-state index in [1.165, 1.54) is 12.5 Å². The maximum Gasteiger partial charge on any atom is 0.336 e. The van der Waals surface area contributed by atoms with E-state index in [4.69, 9.17) is 20.8 Å². The summed E-state index contributed by atoms with van der Waals surface area (Å²) in [5, 5.41) is 10.5. The van der Waals surface area contributed by atoms with Crippen molar-refractivity contribution in [2.45, 2.75) is 56.9 Å². The molecule has 0 aliphatic heterocycles. The van der Waals surface area contributed by atoms with Gasteiger partial charge in [-0.05, 0) is 69.4 Å². The van der Waals surface area contributed by atoms with Gasteiger partial charge in [0.2, 0.25) is 0 Å². The number of carbonyl (C=O) groups is 1. The standard InChI is InChI=1S/C22H23ClO5/c1-12-17(24)3-2-16-15(5-18(25)28-19(12)16)10-27-20(26)21-6-13-4-14(7-21)9-22(23,8-13)11-21/h2-3,5,13-14,24H,4,6-11H2,1H3/t13-,14+,21?,22?. The van der Waals surface area contributed by atoms with Gasteiger partial charge in [0.05, 0.1) is 5.41 Å². The predicted octanol–water partition coefficient (Wildman–Crippen LogP) is 4.43. The normalized spacial score (nSPS) is 33.4. The molecule has 1 N–H and O–H groups in total. The number of rotatable bonds is 3. The second-order valence-corrected chi connectivity index (χ2v) is 9.95. The van der Waals surface area contributed by atoms with E-state index < -0.39 is 11.0 Å². The number of phenols is 1. The number of aromatic hydroxyl groups is 1. The van der Waals surface area contributed by atoms with E-state index in [2.05, 4.69) is 0 Å². The lowest BCUT2D eigenvalue weighted by molar-refractivity contribution is -0.171. The van der Waals surface area contributed by atoms with Crippen LogP contribution in [-0.2, 0) is 16.1 Å². The number of alkyl halides is 1. The molecule has 1 heterocycles. The second-order valence-electron chi connectivity index (χ2n) is 9.15. The molecule has 5 nitrogen and oxygen atoms in total. The summed E-state index contributed by atoms with van der Waals surface area (Å²) in [4.78, 5) is 24.9. The SMILES string of the molecule is Cc1c(O)ccc2c(COC(=O)C34C[C@@H]5C[C@@H](CC(Cl)(C5)C3)C4)cc(=O)oc12. The van der Waals surface area contributed by atoms with Gasteiger partial charge >= 0.3 is 11.6 Å². The van der Waals surface area contributed by atoms with Crippen molar-refractivity contribution in [1.82, 2.24) is 0 Å². The Kier molecular flexibility index (Phi) is 3.86. The number of benzene rings is 1. The number of hydrogen-bond acceptors (Lipinski definition) is 5. The highest BCUT2D eigenvalue weighted by molar-refractivity contribution is 6.24. The molecule has 28 heavy (non-hydrogen) atoms. The first kappa shape index (κ1) is 18.0. The van der Waals surface area contributed by atoms with E-state index >= 15 is 0 Å². The van der Waals surface area contributed by atoms with Gasteiger partial charge in [-0.2, -0.15) is 0 Å². The molecule has 148 valence electrons. The van der Waals surface area contributed by atoms with Crippen molar-refractivity contribution in [3.8, 4) is 5.75 Å². The zero-order chi connectivity index (χ0) is 19.7. The number of carbonyl (C=O) groups excluding carboxylic acids is 1. The van der Waals surface area contributed by atoms with Crippen LogP contribution in [-0.4, -0.2) is 16.0 Å². The molecule has 0 spiro atoms. The number of fused-ring (bicyclic) bond motifs is 1. The van der Waals surface area contributed by atoms with E-state index in [-0.39, 0.29) is 23.2 Å². The van der Waals surface area contributed by atoms with Gasteiger partial charge in [-0.1, -0.05) is 0 Å². The number of ether oxygens (including phenoxy) is 1. The number of hydrogen-bond donors (Lipinski definition) is 1. The molecule has 0 saturated heterocycles. The van der Waals surface area contributed by atoms with Crippen LogP contribution in [0, 0.1) is 24.2 Å². The van der Waals surface area contributed by atoms with E-state index in [1.54, 1.807) is 19.1 Å². The van der Waals surface area contributed by atoms with E-state index in [1.807, 2.05) is 0 Å². The van der Waals surface area contributed by atoms with Gasteiger partial charge in [0.1, 0.15) is 17.9 Å². The highest BCUT2D eigenvalue weighted by Crippen LogP contribution is 2.64. The van der Waals surface area contributed by atoms with E-state index in [0.717, 1.165) is 25.7 Å². The summed E-state index contributed by atoms with van der Waals surface area (Å²) in [6, 6.07) is 4.59. The number of phenolic OH excluding ortho intramolecular Hbond substituents is 1. The van der Waals surface area contributed by atoms with Crippen LogP contribution in [0.1, 0.15) is 49.7 Å². The van der Waals surface area contributed by atoms with Crippen molar-refractivity contribution in [3.63, 3.8) is 0 Å². The molecule has 2 aromatic rings. The van der Waals surface area contributed by atoms with Crippen molar-refractivity contribution in [2.24, 2.45) is 17.3 Å². The van der Waals surface area contributed by atoms with Crippen LogP contribution in [0.5, 0.6) is 5.75 Å². The zero-order valence-corrected chi connectivity index (χ0v) is 16.6. The highest BCUT2D eigenvalue weighted by Gasteiger charge is 2.60. The van der Waals surface area contributed by atoms with Crippen LogP contribution >= 0.6 is 11.6 Å². The Morgan fingerprint density at radius 1 is 1.29 bits per heavy atom. The number of halogens is 1. The Morgan fingerprint density at radius 3 is 2.68 bits per heavy atom. The van der Waals surface area contributed by atoms with Crippen molar-refractivity contribution in [3.05, 3.63) is 39.7 Å². The smallest absolute Gasteiger partial charge is 0.336 e. The summed E-state index contributed by atoms with van der Waals surface area (Å²) in [7, 11) is 0. The van der Waals surface area contributed by atoms with Gasteiger partial charge < -0.3 is 14.3 Å². The van der Waals surface area contributed by atoms with Crippen molar-refractivity contribution < 1.29 is 19.1 Å². The Labute approximate surface area is 167 Å². The predicted molar refractivity (Wildman–Crippen MR) is 104 cm³/mol. The van der Waals surface area contributed by atoms with Gasteiger partial charge in [0.25, 0.3) is 0 Å². The van der Waals surface area contributed by atoms with Gasteiger partial charge in [0.15, 0.2) is 0 Å². The molecule has 0 amide bonds. The molecule has 6 rings (SSSR count). The van der Waals surface area contributed by atoms with E-state index in [0.29, 0.717) is 40.4 Å². The maximum absolute atomic E-state index is 13.1. The second kappa shape index (κ2) is 5.99. The first-order valence-corrected chi connectivity index (χ1v) is 10.3. The zero-order valence-electron chi connectivity index (χ0n) is 15.8. The molecule has 4 saturated carbocycles. The summed E-state index contributed by atoms with van der Waals surface area (Å²) in [5.74, 6) is 0.900. The lowest BCUT2D eigenvalue weighted by Gasteiger charge is -2.58. The Bertz CT molecular complexity index is 1030. The summed E-state index contributed by atoms with van der Waals surface area (Å²) in [5.41, 5.74) is 0.408. The molecule has 1 aromatic heterocycles. The molecule has 1 aromatic carbocycles. The Hall–Kier alpha value is -2.01. The molecule has 4 aliphatic rings. The fourth-order valence-corrected chi connectivity index (χ4v) is 6.91. The maximum atomic E-state index is 13.1. The quantitative estimate of drug-likeness (QED) is 0.467. The average molecular weight is 403 g/mol. The third-order valence-corrected chi connectivity index (χ3v) is 7.44. The molecule has 0 radical (unpaired) electrons. The van der Waals surface area contributed by atoms with E-state index in [9.17, 15) is 14.7 Å². The van der Waals surface area contributed by atoms with Gasteiger partial charge in [-0.3, -0.25) is 4.79 Å². The van der Waals surface area contributed by atoms with Gasteiger partial charge in [-0.15, -0.1) is 11.6 Å². The lowest BCUT2D eigenvalue weighted by Crippen LogP contribution is -2.56. The minimum absolute atomic E-state index is 0.0114.